The summed E-state index contributed by atoms with van der Waals surface area (Å²) in [5, 5.41) is 20.5. The molecule has 2 N–H and O–H groups in total. The third-order valence-electron chi connectivity index (χ3n) is 7.36. The van der Waals surface area contributed by atoms with Crippen molar-refractivity contribution in [3.8, 4) is 0 Å². The number of aliphatic carboxylic acids is 2. The lowest BCUT2D eigenvalue weighted by Crippen LogP contribution is -2.17. The molecular formula is C32H48Cl2N2O5S. The number of carboxylic acids is 2. The van der Waals surface area contributed by atoms with E-state index in [2.05, 4.69) is 13.8 Å². The number of halogens is 2. The van der Waals surface area contributed by atoms with Crippen LogP contribution in [0.1, 0.15) is 121 Å². The van der Waals surface area contributed by atoms with E-state index in [1.54, 1.807) is 17.8 Å². The summed E-state index contributed by atoms with van der Waals surface area (Å²) in [6.45, 7) is 6.84. The highest BCUT2D eigenvalue weighted by atomic mass is 35.5. The third-order valence-corrected chi connectivity index (χ3v) is 8.89. The van der Waals surface area contributed by atoms with Crippen molar-refractivity contribution in [3.05, 3.63) is 39.8 Å². The van der Waals surface area contributed by atoms with Gasteiger partial charge in [-0.05, 0) is 50.3 Å². The number of hydrogen-bond donors (Lipinski definition) is 2. The molecule has 0 aliphatic heterocycles. The molecule has 0 amide bonds. The van der Waals surface area contributed by atoms with Crippen molar-refractivity contribution in [2.75, 3.05) is 6.61 Å². The molecule has 0 spiro atoms. The number of imidazole rings is 1. The van der Waals surface area contributed by atoms with E-state index in [-0.39, 0.29) is 12.3 Å². The van der Waals surface area contributed by atoms with Gasteiger partial charge < -0.3 is 14.9 Å². The van der Waals surface area contributed by atoms with Gasteiger partial charge in [0.25, 0.3) is 0 Å². The smallest absolute Gasteiger partial charge is 0.306 e. The highest BCUT2D eigenvalue weighted by Crippen LogP contribution is 2.37. The van der Waals surface area contributed by atoms with E-state index in [0.717, 1.165) is 60.0 Å². The van der Waals surface area contributed by atoms with E-state index in [4.69, 9.17) is 38.0 Å². The Balaban J connectivity index is 1.70. The molecule has 42 heavy (non-hydrogen) atoms. The summed E-state index contributed by atoms with van der Waals surface area (Å²) >= 11 is 14.0. The Morgan fingerprint density at radius 3 is 1.95 bits per heavy atom. The predicted molar refractivity (Wildman–Crippen MR) is 171 cm³/mol. The Kier molecular flexibility index (Phi) is 17.6. The van der Waals surface area contributed by atoms with Crippen LogP contribution in [0.5, 0.6) is 0 Å². The third kappa shape index (κ3) is 14.2. The zero-order chi connectivity index (χ0) is 30.9. The zero-order valence-electron chi connectivity index (χ0n) is 25.4. The van der Waals surface area contributed by atoms with Crippen molar-refractivity contribution in [1.82, 2.24) is 9.55 Å². The fourth-order valence-corrected chi connectivity index (χ4v) is 6.86. The van der Waals surface area contributed by atoms with E-state index >= 15 is 0 Å². The second-order valence-electron chi connectivity index (χ2n) is 11.3. The number of carbonyl (C=O) groups is 2. The molecule has 0 fully saturated rings. The van der Waals surface area contributed by atoms with Gasteiger partial charge in [0.15, 0.2) is 0 Å². The number of carboxylic acid groups (broad SMARTS) is 2. The van der Waals surface area contributed by atoms with Crippen LogP contribution in [0.25, 0.3) is 0 Å². The minimum Gasteiger partial charge on any atom is -0.481 e. The summed E-state index contributed by atoms with van der Waals surface area (Å²) in [5.41, 5.74) is 0.980. The zero-order valence-corrected chi connectivity index (χ0v) is 27.7. The van der Waals surface area contributed by atoms with Crippen LogP contribution in [0.3, 0.4) is 0 Å². The van der Waals surface area contributed by atoms with Gasteiger partial charge in [0.2, 0.25) is 0 Å². The summed E-state index contributed by atoms with van der Waals surface area (Å²) < 4.78 is 8.02. The molecule has 0 aliphatic carbocycles. The lowest BCUT2D eigenvalue weighted by Gasteiger charge is -2.15. The summed E-state index contributed by atoms with van der Waals surface area (Å²) in [6.07, 6.45) is 13.5. The average molecular weight is 644 g/mol. The number of benzene rings is 1. The maximum Gasteiger partial charge on any atom is 0.306 e. The molecule has 1 heterocycles. The predicted octanol–water partition coefficient (Wildman–Crippen LogP) is 9.99. The molecule has 0 bridgehead atoms. The van der Waals surface area contributed by atoms with Crippen molar-refractivity contribution in [1.29, 1.82) is 0 Å². The van der Waals surface area contributed by atoms with Crippen molar-refractivity contribution in [2.24, 2.45) is 5.92 Å². The highest BCUT2D eigenvalue weighted by molar-refractivity contribution is 7.99. The van der Waals surface area contributed by atoms with Crippen LogP contribution >= 0.6 is 35.0 Å². The van der Waals surface area contributed by atoms with E-state index in [1.165, 1.54) is 32.1 Å². The first-order valence-electron chi connectivity index (χ1n) is 15.3. The molecule has 2 rings (SSSR count). The number of aryl methyl sites for hydroxylation is 1. The molecular weight excluding hydrogens is 595 g/mol. The first-order chi connectivity index (χ1) is 20.1. The van der Waals surface area contributed by atoms with Gasteiger partial charge in [0.1, 0.15) is 17.6 Å². The standard InChI is InChI=1S/C32H48Cl2N2O5S/c1-23(2)30-31(42-28-20-26(33)19-27(34)21-28)36(24(3)35-30)22-41-18-17-25(32(39)40)15-13-11-9-7-5-4-6-8-10-12-14-16-29(37)38/h19-21,23,25H,4-18,22H2,1-3H3,(H,37,38)(H,39,40). The molecule has 1 atom stereocenters. The van der Waals surface area contributed by atoms with E-state index < -0.39 is 17.9 Å². The Morgan fingerprint density at radius 2 is 1.43 bits per heavy atom. The van der Waals surface area contributed by atoms with Crippen LogP contribution < -0.4 is 0 Å². The lowest BCUT2D eigenvalue weighted by atomic mass is 9.97. The first kappa shape index (κ1) is 36.5. The molecule has 0 radical (unpaired) electrons. The topological polar surface area (TPSA) is 102 Å². The fourth-order valence-electron chi connectivity index (χ4n) is 4.93. The van der Waals surface area contributed by atoms with Gasteiger partial charge in [-0.2, -0.15) is 0 Å². The number of rotatable bonds is 23. The molecule has 1 unspecified atom stereocenters. The Morgan fingerprint density at radius 1 is 0.881 bits per heavy atom. The first-order valence-corrected chi connectivity index (χ1v) is 16.9. The van der Waals surface area contributed by atoms with E-state index in [0.29, 0.717) is 36.2 Å². The SMILES string of the molecule is Cc1nc(C(C)C)c(Sc2cc(Cl)cc(Cl)c2)n1COCCC(CCCCCCCCCCCCCC(=O)O)C(=O)O. The van der Waals surface area contributed by atoms with Gasteiger partial charge in [-0.25, -0.2) is 4.98 Å². The number of nitrogens with zero attached hydrogens (tertiary/aromatic N) is 2. The normalized spacial score (nSPS) is 12.2. The average Bonchev–Trinajstić information content (AvgIpc) is 3.21. The van der Waals surface area contributed by atoms with Crippen molar-refractivity contribution >= 4 is 46.9 Å². The second-order valence-corrected chi connectivity index (χ2v) is 13.3. The molecule has 10 heteroatoms. The molecule has 1 aromatic carbocycles. The molecule has 7 nitrogen and oxygen atoms in total. The summed E-state index contributed by atoms with van der Waals surface area (Å²) in [5.74, 6) is -0.787. The fraction of sp³-hybridized carbons (Fsp3) is 0.656. The lowest BCUT2D eigenvalue weighted by molar-refractivity contribution is -0.143. The minimum absolute atomic E-state index is 0.223. The van der Waals surface area contributed by atoms with Gasteiger partial charge in [-0.1, -0.05) is 113 Å². The van der Waals surface area contributed by atoms with Crippen LogP contribution in [0, 0.1) is 12.8 Å². The van der Waals surface area contributed by atoms with Crippen LogP contribution in [0.4, 0.5) is 0 Å². The van der Waals surface area contributed by atoms with Crippen LogP contribution in [-0.2, 0) is 21.1 Å². The van der Waals surface area contributed by atoms with Crippen molar-refractivity contribution in [3.63, 3.8) is 0 Å². The molecule has 1 aromatic heterocycles. The Hall–Kier alpha value is -1.74. The highest BCUT2D eigenvalue weighted by Gasteiger charge is 2.20. The van der Waals surface area contributed by atoms with Crippen molar-refractivity contribution in [2.45, 2.75) is 133 Å². The quantitative estimate of drug-likeness (QED) is 0.116. The summed E-state index contributed by atoms with van der Waals surface area (Å²) in [6, 6.07) is 5.46. The summed E-state index contributed by atoms with van der Waals surface area (Å²) in [7, 11) is 0. The number of unbranched alkanes of at least 4 members (excludes halogenated alkanes) is 10. The van der Waals surface area contributed by atoms with Crippen LogP contribution in [-0.4, -0.2) is 38.3 Å². The largest absolute Gasteiger partial charge is 0.481 e. The van der Waals surface area contributed by atoms with Gasteiger partial charge in [-0.15, -0.1) is 0 Å². The van der Waals surface area contributed by atoms with Crippen LogP contribution in [0.2, 0.25) is 10.0 Å². The molecule has 0 saturated carbocycles. The van der Waals surface area contributed by atoms with Crippen LogP contribution in [0.15, 0.2) is 28.1 Å². The molecule has 0 saturated heterocycles. The number of ether oxygens (including phenoxy) is 1. The van der Waals surface area contributed by atoms with Gasteiger partial charge >= 0.3 is 11.9 Å². The summed E-state index contributed by atoms with van der Waals surface area (Å²) in [4.78, 5) is 28.1. The number of aromatic nitrogens is 2. The van der Waals surface area contributed by atoms with Gasteiger partial charge in [0, 0.05) is 28.0 Å². The molecule has 2 aromatic rings. The second kappa shape index (κ2) is 20.3. The maximum atomic E-state index is 11.8. The van der Waals surface area contributed by atoms with Gasteiger partial charge in [-0.3, -0.25) is 14.2 Å². The molecule has 236 valence electrons. The van der Waals surface area contributed by atoms with E-state index in [1.807, 2.05) is 23.6 Å². The maximum absolute atomic E-state index is 11.8. The molecule has 0 aliphatic rings. The van der Waals surface area contributed by atoms with Crippen molar-refractivity contribution < 1.29 is 24.5 Å². The monoisotopic (exact) mass is 642 g/mol. The number of hydrogen-bond acceptors (Lipinski definition) is 5. The van der Waals surface area contributed by atoms with E-state index in [9.17, 15) is 14.7 Å². The minimum atomic E-state index is -0.753. The van der Waals surface area contributed by atoms with Gasteiger partial charge in [0.05, 0.1) is 11.6 Å². The Bertz CT molecular complexity index is 1090. The Labute approximate surface area is 265 Å².